The predicted molar refractivity (Wildman–Crippen MR) is 248 cm³/mol. The van der Waals surface area contributed by atoms with Crippen molar-refractivity contribution >= 4 is 28.8 Å². The molecule has 1 spiro atoms. The van der Waals surface area contributed by atoms with E-state index in [1.807, 2.05) is 11.8 Å². The highest BCUT2D eigenvalue weighted by molar-refractivity contribution is 7.99. The smallest absolute Gasteiger partial charge is 0.0473 e. The van der Waals surface area contributed by atoms with Gasteiger partial charge in [-0.3, -0.25) is 0 Å². The Morgan fingerprint density at radius 1 is 0.458 bits per heavy atom. The van der Waals surface area contributed by atoms with Crippen LogP contribution < -0.4 is 4.90 Å². The van der Waals surface area contributed by atoms with E-state index < -0.39 is 0 Å². The molecule has 59 heavy (non-hydrogen) atoms. The average molecular weight is 788 g/mol. The summed E-state index contributed by atoms with van der Waals surface area (Å²) in [5.74, 6) is 3.35. The van der Waals surface area contributed by atoms with Crippen molar-refractivity contribution < 1.29 is 0 Å². The minimum Gasteiger partial charge on any atom is -0.310 e. The zero-order chi connectivity index (χ0) is 40.1. The molecule has 0 amide bonds. The third-order valence-electron chi connectivity index (χ3n) is 16.8. The number of hydrogen-bond acceptors (Lipinski definition) is 2. The van der Waals surface area contributed by atoms with Crippen LogP contribution >= 0.6 is 11.8 Å². The van der Waals surface area contributed by atoms with Gasteiger partial charge in [-0.05, 0) is 178 Å². The fourth-order valence-electron chi connectivity index (χ4n) is 14.1. The molecule has 7 aliphatic rings. The third kappa shape index (κ3) is 5.11. The second-order valence-corrected chi connectivity index (χ2v) is 22.3. The Bertz CT molecular complexity index is 2660. The van der Waals surface area contributed by atoms with Gasteiger partial charge in [-0.1, -0.05) is 138 Å². The monoisotopic (exact) mass is 787 g/mol. The van der Waals surface area contributed by atoms with Gasteiger partial charge in [0.05, 0.1) is 0 Å². The molecule has 0 N–H and O–H groups in total. The second-order valence-electron chi connectivity index (χ2n) is 21.2. The zero-order valence-electron chi connectivity index (χ0n) is 35.7. The van der Waals surface area contributed by atoms with Crippen molar-refractivity contribution in [1.82, 2.24) is 0 Å². The predicted octanol–water partition coefficient (Wildman–Crippen LogP) is 15.7. The summed E-state index contributed by atoms with van der Waals surface area (Å²) < 4.78 is 0. The van der Waals surface area contributed by atoms with Crippen molar-refractivity contribution in [3.8, 4) is 22.3 Å². The maximum Gasteiger partial charge on any atom is 0.0473 e. The Morgan fingerprint density at radius 3 is 1.80 bits per heavy atom. The number of benzene rings is 6. The molecule has 1 aliphatic heterocycles. The Labute approximate surface area is 356 Å². The van der Waals surface area contributed by atoms with Crippen molar-refractivity contribution in [2.24, 2.45) is 23.7 Å². The first-order chi connectivity index (χ1) is 28.4. The summed E-state index contributed by atoms with van der Waals surface area (Å²) in [6, 6.07) is 50.1. The van der Waals surface area contributed by atoms with E-state index in [4.69, 9.17) is 0 Å². The quantitative estimate of drug-likeness (QED) is 0.175. The van der Waals surface area contributed by atoms with Gasteiger partial charge >= 0.3 is 0 Å². The molecule has 0 atom stereocenters. The molecule has 4 bridgehead atoms. The summed E-state index contributed by atoms with van der Waals surface area (Å²) in [6.07, 6.45) is 9.51. The van der Waals surface area contributed by atoms with E-state index in [1.165, 1.54) is 116 Å². The fourth-order valence-corrected chi connectivity index (χ4v) is 15.3. The largest absolute Gasteiger partial charge is 0.310 e. The zero-order valence-corrected chi connectivity index (χ0v) is 36.6. The summed E-state index contributed by atoms with van der Waals surface area (Å²) in [6.45, 7) is 14.6. The van der Waals surface area contributed by atoms with Crippen LogP contribution in [-0.4, -0.2) is 0 Å². The van der Waals surface area contributed by atoms with E-state index in [2.05, 4.69) is 174 Å². The lowest BCUT2D eigenvalue weighted by molar-refractivity contribution is -0.0443. The normalized spacial score (nSPS) is 26.7. The molecule has 4 fully saturated rings. The first kappa shape index (κ1) is 36.3. The molecule has 4 saturated carbocycles. The van der Waals surface area contributed by atoms with E-state index in [0.29, 0.717) is 0 Å². The van der Waals surface area contributed by atoms with Crippen molar-refractivity contribution in [3.05, 3.63) is 161 Å². The van der Waals surface area contributed by atoms with Gasteiger partial charge in [-0.15, -0.1) is 0 Å². The average Bonchev–Trinajstić information content (AvgIpc) is 3.46. The van der Waals surface area contributed by atoms with Crippen LogP contribution in [-0.2, 0) is 21.7 Å². The van der Waals surface area contributed by atoms with Gasteiger partial charge in [-0.2, -0.15) is 0 Å². The molecule has 6 aromatic carbocycles. The SMILES string of the molecule is CC1(C)CCC(C)(C)c2c(-c3ccc(N(c4ccc5c(c4)Sc4ccccc4C54C5CC6CC(C5)CC4C6)c4ccc5c(c4)C(C)(C)c4ccccc4-5)cc3)cccc21. The second kappa shape index (κ2) is 12.5. The van der Waals surface area contributed by atoms with Crippen LogP contribution in [0, 0.1) is 23.7 Å². The molecule has 1 nitrogen and oxygen atoms in total. The minimum atomic E-state index is -0.0777. The molecule has 2 heteroatoms. The summed E-state index contributed by atoms with van der Waals surface area (Å²) in [7, 11) is 0. The van der Waals surface area contributed by atoms with Crippen LogP contribution in [0.25, 0.3) is 22.3 Å². The standard InChI is InChI=1S/C57H57NS/c1-54(2)26-27-55(3,4)53-43(13-11-16-49(53)54)37-18-20-40(21-19-37)58(41-22-24-45-44-12-7-8-14-46(44)56(5,6)50(45)33-41)42-23-25-48-52(34-42)59-51-17-10-9-15-47(51)57(48)38-29-35-28-36(31-38)32-39(57)30-35/h7-25,33-36,38-39H,26-32H2,1-6H3. The van der Waals surface area contributed by atoms with E-state index >= 15 is 0 Å². The van der Waals surface area contributed by atoms with Crippen molar-refractivity contribution in [2.75, 3.05) is 4.90 Å². The number of fused-ring (bicyclic) bond motifs is 6. The maximum absolute atomic E-state index is 2.59. The molecule has 296 valence electrons. The molecular formula is C57H57NS. The van der Waals surface area contributed by atoms with Crippen LogP contribution in [0.5, 0.6) is 0 Å². The highest BCUT2D eigenvalue weighted by atomic mass is 32.2. The molecule has 6 aromatic rings. The molecule has 0 saturated heterocycles. The van der Waals surface area contributed by atoms with Gasteiger partial charge in [0.15, 0.2) is 0 Å². The first-order valence-electron chi connectivity index (χ1n) is 22.6. The number of hydrogen-bond donors (Lipinski definition) is 0. The van der Waals surface area contributed by atoms with Crippen LogP contribution in [0.2, 0.25) is 0 Å². The van der Waals surface area contributed by atoms with E-state index in [9.17, 15) is 0 Å². The van der Waals surface area contributed by atoms with Crippen LogP contribution in [0.4, 0.5) is 17.1 Å². The highest BCUT2D eigenvalue weighted by Crippen LogP contribution is 2.69. The maximum atomic E-state index is 2.59. The summed E-state index contributed by atoms with van der Waals surface area (Å²) in [5, 5.41) is 0. The van der Waals surface area contributed by atoms with E-state index in [1.54, 1.807) is 11.1 Å². The van der Waals surface area contributed by atoms with Crippen LogP contribution in [0.15, 0.2) is 137 Å². The molecule has 13 rings (SSSR count). The van der Waals surface area contributed by atoms with Crippen molar-refractivity contribution in [1.29, 1.82) is 0 Å². The van der Waals surface area contributed by atoms with Crippen molar-refractivity contribution in [3.63, 3.8) is 0 Å². The van der Waals surface area contributed by atoms with E-state index in [-0.39, 0.29) is 21.7 Å². The van der Waals surface area contributed by atoms with Crippen LogP contribution in [0.1, 0.15) is 120 Å². The Kier molecular flexibility index (Phi) is 7.70. The summed E-state index contributed by atoms with van der Waals surface area (Å²) in [4.78, 5) is 5.50. The molecule has 6 aliphatic carbocycles. The van der Waals surface area contributed by atoms with Crippen molar-refractivity contribution in [2.45, 2.75) is 118 Å². The lowest BCUT2D eigenvalue weighted by atomic mass is 9.42. The lowest BCUT2D eigenvalue weighted by Gasteiger charge is -2.63. The van der Waals surface area contributed by atoms with Gasteiger partial charge in [0.25, 0.3) is 0 Å². The minimum absolute atomic E-state index is 0.0777. The summed E-state index contributed by atoms with van der Waals surface area (Å²) >= 11 is 2.02. The van der Waals surface area contributed by atoms with Gasteiger partial charge in [0, 0.05) is 37.7 Å². The van der Waals surface area contributed by atoms with E-state index in [0.717, 1.165) is 23.7 Å². The van der Waals surface area contributed by atoms with Gasteiger partial charge in [-0.25, -0.2) is 0 Å². The number of nitrogens with zero attached hydrogens (tertiary/aromatic N) is 1. The van der Waals surface area contributed by atoms with Gasteiger partial charge in [0.2, 0.25) is 0 Å². The Hall–Kier alpha value is -4.53. The fraction of sp³-hybridized carbons (Fsp3) is 0.368. The first-order valence-corrected chi connectivity index (χ1v) is 23.5. The molecule has 1 heterocycles. The lowest BCUT2D eigenvalue weighted by Crippen LogP contribution is -2.57. The summed E-state index contributed by atoms with van der Waals surface area (Å²) in [5.41, 5.74) is 18.6. The third-order valence-corrected chi connectivity index (χ3v) is 17.9. The highest BCUT2D eigenvalue weighted by Gasteiger charge is 2.60. The molecule has 0 radical (unpaired) electrons. The van der Waals surface area contributed by atoms with Gasteiger partial charge < -0.3 is 4.90 Å². The Morgan fingerprint density at radius 2 is 1.03 bits per heavy atom. The Balaban J connectivity index is 1.02. The van der Waals surface area contributed by atoms with Crippen LogP contribution in [0.3, 0.4) is 0 Å². The number of rotatable bonds is 4. The topological polar surface area (TPSA) is 3.24 Å². The number of anilines is 3. The molecular weight excluding hydrogens is 731 g/mol. The molecule has 0 unspecified atom stereocenters. The molecule has 0 aromatic heterocycles. The van der Waals surface area contributed by atoms with Gasteiger partial charge in [0.1, 0.15) is 0 Å².